The summed E-state index contributed by atoms with van der Waals surface area (Å²) in [4.78, 5) is 17.3. The average molecular weight is 336 g/mol. The molecular weight excluding hydrogens is 316 g/mol. The Morgan fingerprint density at radius 2 is 2.24 bits per heavy atom. The van der Waals surface area contributed by atoms with Gasteiger partial charge in [-0.05, 0) is 24.5 Å². The standard InChI is InChI=1S/C19H20N4O2/c1-11(2)16-14(8-20)18(21)25-15-7-12(3)23(19(24)17(15)16)10-13-5-4-6-22-9-13/h4-7,9,11,16H,10,21H2,1-3H3/t16-/m0/s1. The lowest BCUT2D eigenvalue weighted by Crippen LogP contribution is -2.34. The molecule has 0 radical (unpaired) electrons. The second-order valence-electron chi connectivity index (χ2n) is 6.53. The molecule has 0 spiro atoms. The molecule has 6 nitrogen and oxygen atoms in total. The molecule has 0 aromatic carbocycles. The predicted molar refractivity (Wildman–Crippen MR) is 93.8 cm³/mol. The summed E-state index contributed by atoms with van der Waals surface area (Å²) >= 11 is 0. The number of aryl methyl sites for hydroxylation is 1. The largest absolute Gasteiger partial charge is 0.440 e. The number of pyridine rings is 2. The quantitative estimate of drug-likeness (QED) is 0.929. The Kier molecular flexibility index (Phi) is 4.32. The average Bonchev–Trinajstić information content (AvgIpc) is 2.58. The molecule has 0 saturated carbocycles. The van der Waals surface area contributed by atoms with E-state index >= 15 is 0 Å². The van der Waals surface area contributed by atoms with Gasteiger partial charge in [0.25, 0.3) is 5.56 Å². The molecular formula is C19H20N4O2. The second kappa shape index (κ2) is 6.44. The van der Waals surface area contributed by atoms with Crippen molar-refractivity contribution in [1.82, 2.24) is 9.55 Å². The molecule has 1 atom stereocenters. The number of nitrogens with zero attached hydrogens (tertiary/aromatic N) is 3. The SMILES string of the molecule is Cc1cc2c(c(=O)n1Cc1cccnc1)[C@@H](C(C)C)C(C#N)=C(N)O2. The molecule has 1 aliphatic heterocycles. The predicted octanol–water partition coefficient (Wildman–Crippen LogP) is 2.43. The van der Waals surface area contributed by atoms with E-state index in [1.165, 1.54) is 0 Å². The Hall–Kier alpha value is -3.07. The third kappa shape index (κ3) is 2.89. The van der Waals surface area contributed by atoms with Crippen LogP contribution in [0.1, 0.15) is 36.6 Å². The van der Waals surface area contributed by atoms with Crippen LogP contribution in [0, 0.1) is 24.2 Å². The number of nitriles is 1. The van der Waals surface area contributed by atoms with Crippen molar-refractivity contribution in [3.05, 3.63) is 69.2 Å². The van der Waals surface area contributed by atoms with Gasteiger partial charge in [-0.1, -0.05) is 19.9 Å². The molecule has 0 fully saturated rings. The molecule has 0 amide bonds. The van der Waals surface area contributed by atoms with Crippen molar-refractivity contribution in [2.45, 2.75) is 33.2 Å². The summed E-state index contributed by atoms with van der Waals surface area (Å²) in [7, 11) is 0. The van der Waals surface area contributed by atoms with Crippen LogP contribution >= 0.6 is 0 Å². The van der Waals surface area contributed by atoms with Crippen molar-refractivity contribution >= 4 is 0 Å². The minimum atomic E-state index is -0.373. The normalized spacial score (nSPS) is 16.4. The lowest BCUT2D eigenvalue weighted by atomic mass is 9.81. The Balaban J connectivity index is 2.18. The smallest absolute Gasteiger partial charge is 0.258 e. The minimum absolute atomic E-state index is 0.0399. The van der Waals surface area contributed by atoms with Gasteiger partial charge in [-0.2, -0.15) is 5.26 Å². The van der Waals surface area contributed by atoms with Gasteiger partial charge in [-0.25, -0.2) is 0 Å². The van der Waals surface area contributed by atoms with Crippen LogP contribution < -0.4 is 16.0 Å². The highest BCUT2D eigenvalue weighted by atomic mass is 16.5. The molecule has 2 aromatic rings. The van der Waals surface area contributed by atoms with Crippen molar-refractivity contribution in [3.63, 3.8) is 0 Å². The highest BCUT2D eigenvalue weighted by Crippen LogP contribution is 2.40. The van der Waals surface area contributed by atoms with Gasteiger partial charge >= 0.3 is 0 Å². The fourth-order valence-electron chi connectivity index (χ4n) is 3.26. The zero-order valence-electron chi connectivity index (χ0n) is 14.5. The Labute approximate surface area is 146 Å². The van der Waals surface area contributed by atoms with Crippen molar-refractivity contribution in [3.8, 4) is 11.8 Å². The van der Waals surface area contributed by atoms with E-state index in [1.54, 1.807) is 17.0 Å². The molecule has 3 heterocycles. The summed E-state index contributed by atoms with van der Waals surface area (Å²) < 4.78 is 7.28. The summed E-state index contributed by atoms with van der Waals surface area (Å²) in [6.45, 7) is 6.20. The van der Waals surface area contributed by atoms with E-state index in [2.05, 4.69) is 11.1 Å². The zero-order chi connectivity index (χ0) is 18.1. The summed E-state index contributed by atoms with van der Waals surface area (Å²) in [6.07, 6.45) is 3.43. The first-order chi connectivity index (χ1) is 11.9. The molecule has 25 heavy (non-hydrogen) atoms. The monoisotopic (exact) mass is 336 g/mol. The number of allylic oxidation sites excluding steroid dienone is 1. The number of fused-ring (bicyclic) bond motifs is 1. The van der Waals surface area contributed by atoms with Crippen LogP contribution in [0.25, 0.3) is 0 Å². The van der Waals surface area contributed by atoms with Crippen molar-refractivity contribution in [2.75, 3.05) is 0 Å². The van der Waals surface area contributed by atoms with Gasteiger partial charge < -0.3 is 15.0 Å². The Bertz CT molecular complexity index is 936. The van der Waals surface area contributed by atoms with Crippen LogP contribution in [0.4, 0.5) is 0 Å². The van der Waals surface area contributed by atoms with E-state index in [1.807, 2.05) is 39.0 Å². The fraction of sp³-hybridized carbons (Fsp3) is 0.316. The van der Waals surface area contributed by atoms with Gasteiger partial charge in [0.2, 0.25) is 5.88 Å². The van der Waals surface area contributed by atoms with Crippen molar-refractivity contribution < 1.29 is 4.74 Å². The van der Waals surface area contributed by atoms with Gasteiger partial charge in [0.05, 0.1) is 17.7 Å². The fourth-order valence-corrected chi connectivity index (χ4v) is 3.26. The van der Waals surface area contributed by atoms with Crippen LogP contribution in [0.15, 0.2) is 46.8 Å². The van der Waals surface area contributed by atoms with Crippen LogP contribution in [0.5, 0.6) is 5.75 Å². The number of aromatic nitrogens is 2. The molecule has 0 unspecified atom stereocenters. The molecule has 1 aliphatic rings. The molecule has 3 rings (SSSR count). The Morgan fingerprint density at radius 1 is 1.48 bits per heavy atom. The highest BCUT2D eigenvalue weighted by Gasteiger charge is 2.34. The summed E-state index contributed by atoms with van der Waals surface area (Å²) in [5, 5.41) is 9.47. The first-order valence-corrected chi connectivity index (χ1v) is 8.14. The van der Waals surface area contributed by atoms with E-state index in [4.69, 9.17) is 10.5 Å². The zero-order valence-corrected chi connectivity index (χ0v) is 14.5. The maximum Gasteiger partial charge on any atom is 0.258 e. The van der Waals surface area contributed by atoms with E-state index < -0.39 is 0 Å². The Morgan fingerprint density at radius 3 is 2.84 bits per heavy atom. The molecule has 0 bridgehead atoms. The van der Waals surface area contributed by atoms with E-state index in [-0.39, 0.29) is 23.3 Å². The number of hydrogen-bond acceptors (Lipinski definition) is 5. The third-order valence-corrected chi connectivity index (χ3v) is 4.46. The number of rotatable bonds is 3. The third-order valence-electron chi connectivity index (χ3n) is 4.46. The van der Waals surface area contributed by atoms with Gasteiger partial charge in [0.1, 0.15) is 11.8 Å². The summed E-state index contributed by atoms with van der Waals surface area (Å²) in [6, 6.07) is 7.68. The number of ether oxygens (including phenoxy) is 1. The molecule has 128 valence electrons. The van der Waals surface area contributed by atoms with Crippen LogP contribution in [-0.4, -0.2) is 9.55 Å². The highest BCUT2D eigenvalue weighted by molar-refractivity contribution is 5.50. The van der Waals surface area contributed by atoms with Crippen LogP contribution in [-0.2, 0) is 6.54 Å². The number of nitrogens with two attached hydrogens (primary N) is 1. The van der Waals surface area contributed by atoms with Gasteiger partial charge in [0.15, 0.2) is 0 Å². The summed E-state index contributed by atoms with van der Waals surface area (Å²) in [5.74, 6) is 0.192. The number of hydrogen-bond donors (Lipinski definition) is 1. The first-order valence-electron chi connectivity index (χ1n) is 8.14. The van der Waals surface area contributed by atoms with Gasteiger partial charge in [-0.15, -0.1) is 0 Å². The molecule has 0 aliphatic carbocycles. The molecule has 6 heteroatoms. The second-order valence-corrected chi connectivity index (χ2v) is 6.53. The van der Waals surface area contributed by atoms with E-state index in [9.17, 15) is 10.1 Å². The van der Waals surface area contributed by atoms with Crippen LogP contribution in [0.2, 0.25) is 0 Å². The molecule has 2 N–H and O–H groups in total. The molecule has 2 aromatic heterocycles. The van der Waals surface area contributed by atoms with Crippen LogP contribution in [0.3, 0.4) is 0 Å². The van der Waals surface area contributed by atoms with E-state index in [0.717, 1.165) is 11.3 Å². The maximum absolute atomic E-state index is 13.2. The lowest BCUT2D eigenvalue weighted by Gasteiger charge is -2.29. The minimum Gasteiger partial charge on any atom is -0.440 e. The lowest BCUT2D eigenvalue weighted by molar-refractivity contribution is 0.366. The van der Waals surface area contributed by atoms with Gasteiger partial charge in [-0.3, -0.25) is 9.78 Å². The van der Waals surface area contributed by atoms with Gasteiger partial charge in [0, 0.05) is 30.1 Å². The topological polar surface area (TPSA) is 93.9 Å². The summed E-state index contributed by atoms with van der Waals surface area (Å²) in [5.41, 5.74) is 8.27. The van der Waals surface area contributed by atoms with Crippen molar-refractivity contribution in [1.29, 1.82) is 5.26 Å². The first kappa shape index (κ1) is 16.8. The molecule has 0 saturated heterocycles. The van der Waals surface area contributed by atoms with Crippen molar-refractivity contribution in [2.24, 2.45) is 11.7 Å². The van der Waals surface area contributed by atoms with E-state index in [0.29, 0.717) is 23.4 Å². The maximum atomic E-state index is 13.2.